The number of nitro groups is 1. The van der Waals surface area contributed by atoms with Crippen LogP contribution in [0.3, 0.4) is 0 Å². The SMILES string of the molecule is CN(CC1CCCN1c1cccnn1)c1ccc(C(=O)NC2CC2)cc1[N+](=O)[O-]. The van der Waals surface area contributed by atoms with Crippen molar-refractivity contribution in [2.24, 2.45) is 0 Å². The van der Waals surface area contributed by atoms with Gasteiger partial charge < -0.3 is 15.1 Å². The van der Waals surface area contributed by atoms with Gasteiger partial charge in [0, 0.05) is 50.0 Å². The van der Waals surface area contributed by atoms with Gasteiger partial charge in [0.1, 0.15) is 5.69 Å². The summed E-state index contributed by atoms with van der Waals surface area (Å²) in [4.78, 5) is 27.6. The predicted octanol–water partition coefficient (Wildman–Crippen LogP) is 2.38. The van der Waals surface area contributed by atoms with Gasteiger partial charge in [-0.15, -0.1) is 5.10 Å². The summed E-state index contributed by atoms with van der Waals surface area (Å²) in [5.41, 5.74) is 0.770. The van der Waals surface area contributed by atoms with E-state index in [1.54, 1.807) is 18.3 Å². The highest BCUT2D eigenvalue weighted by Crippen LogP contribution is 2.31. The number of aromatic nitrogens is 2. The van der Waals surface area contributed by atoms with Crippen LogP contribution in [-0.2, 0) is 0 Å². The third-order valence-corrected chi connectivity index (χ3v) is 5.47. The molecule has 1 saturated carbocycles. The van der Waals surface area contributed by atoms with E-state index in [0.717, 1.165) is 38.0 Å². The Bertz CT molecular complexity index is 902. The summed E-state index contributed by atoms with van der Waals surface area (Å²) >= 11 is 0. The average Bonchev–Trinajstić information content (AvgIpc) is 3.43. The summed E-state index contributed by atoms with van der Waals surface area (Å²) in [5.74, 6) is 0.569. The highest BCUT2D eigenvalue weighted by molar-refractivity contribution is 5.96. The van der Waals surface area contributed by atoms with E-state index in [2.05, 4.69) is 20.4 Å². The molecule has 2 heterocycles. The van der Waals surface area contributed by atoms with Gasteiger partial charge in [-0.3, -0.25) is 14.9 Å². The minimum absolute atomic E-state index is 0.0556. The second-order valence-corrected chi connectivity index (χ2v) is 7.66. The number of nitro benzene ring substituents is 1. The molecule has 1 aliphatic heterocycles. The van der Waals surface area contributed by atoms with E-state index in [0.29, 0.717) is 17.8 Å². The van der Waals surface area contributed by atoms with Crippen molar-refractivity contribution in [3.8, 4) is 0 Å². The van der Waals surface area contributed by atoms with Crippen LogP contribution < -0.4 is 15.1 Å². The van der Waals surface area contributed by atoms with Crippen molar-refractivity contribution in [3.63, 3.8) is 0 Å². The number of carbonyl (C=O) groups is 1. The quantitative estimate of drug-likeness (QED) is 0.566. The van der Waals surface area contributed by atoms with E-state index in [-0.39, 0.29) is 23.7 Å². The first-order valence-corrected chi connectivity index (χ1v) is 9.87. The van der Waals surface area contributed by atoms with E-state index in [9.17, 15) is 14.9 Å². The topological polar surface area (TPSA) is 104 Å². The van der Waals surface area contributed by atoms with Crippen molar-refractivity contribution >= 4 is 23.1 Å². The highest BCUT2D eigenvalue weighted by atomic mass is 16.6. The molecule has 1 unspecified atom stereocenters. The molecule has 1 atom stereocenters. The van der Waals surface area contributed by atoms with E-state index >= 15 is 0 Å². The molecule has 0 bridgehead atoms. The Hall–Kier alpha value is -3.23. The number of likely N-dealkylation sites (N-methyl/N-ethyl adjacent to an activating group) is 1. The summed E-state index contributed by atoms with van der Waals surface area (Å²) in [5, 5.41) is 22.7. The number of anilines is 2. The molecule has 1 aromatic heterocycles. The Morgan fingerprint density at radius 3 is 2.86 bits per heavy atom. The Morgan fingerprint density at radius 2 is 2.17 bits per heavy atom. The fourth-order valence-corrected chi connectivity index (χ4v) is 3.82. The van der Waals surface area contributed by atoms with Gasteiger partial charge in [0.25, 0.3) is 11.6 Å². The van der Waals surface area contributed by atoms with Gasteiger partial charge >= 0.3 is 0 Å². The first-order chi connectivity index (χ1) is 14.0. The number of hydrogen-bond donors (Lipinski definition) is 1. The van der Waals surface area contributed by atoms with Crippen molar-refractivity contribution in [1.82, 2.24) is 15.5 Å². The summed E-state index contributed by atoms with van der Waals surface area (Å²) in [6, 6.07) is 8.89. The Morgan fingerprint density at radius 1 is 1.34 bits per heavy atom. The summed E-state index contributed by atoms with van der Waals surface area (Å²) < 4.78 is 0. The maximum absolute atomic E-state index is 12.3. The lowest BCUT2D eigenvalue weighted by Crippen LogP contribution is -2.39. The molecular formula is C20H24N6O3. The van der Waals surface area contributed by atoms with Gasteiger partial charge in [-0.2, -0.15) is 5.10 Å². The van der Waals surface area contributed by atoms with Gasteiger partial charge in [0.2, 0.25) is 0 Å². The molecule has 0 spiro atoms. The molecule has 1 aromatic carbocycles. The van der Waals surface area contributed by atoms with Crippen LogP contribution in [-0.4, -0.2) is 53.2 Å². The van der Waals surface area contributed by atoms with E-state index < -0.39 is 4.92 Å². The van der Waals surface area contributed by atoms with Crippen LogP contribution in [0.25, 0.3) is 0 Å². The van der Waals surface area contributed by atoms with Crippen molar-refractivity contribution in [2.45, 2.75) is 37.8 Å². The number of carbonyl (C=O) groups excluding carboxylic acids is 1. The van der Waals surface area contributed by atoms with Gasteiger partial charge in [-0.1, -0.05) is 0 Å². The third-order valence-electron chi connectivity index (χ3n) is 5.47. The molecule has 1 saturated heterocycles. The molecule has 1 N–H and O–H groups in total. The van der Waals surface area contributed by atoms with Crippen LogP contribution in [0.2, 0.25) is 0 Å². The number of nitrogens with zero attached hydrogens (tertiary/aromatic N) is 5. The van der Waals surface area contributed by atoms with Crippen LogP contribution in [0, 0.1) is 10.1 Å². The second kappa shape index (κ2) is 8.02. The van der Waals surface area contributed by atoms with Crippen LogP contribution >= 0.6 is 0 Å². The molecule has 152 valence electrons. The fourth-order valence-electron chi connectivity index (χ4n) is 3.82. The molecule has 4 rings (SSSR count). The third kappa shape index (κ3) is 4.28. The van der Waals surface area contributed by atoms with E-state index in [1.807, 2.05) is 24.1 Å². The smallest absolute Gasteiger partial charge is 0.293 e. The zero-order chi connectivity index (χ0) is 20.4. The number of amides is 1. The standard InChI is InChI=1S/C20H24N6O3/c1-24(13-16-4-3-11-25(16)19-5-2-10-21-23-19)17-9-6-14(12-18(17)26(28)29)20(27)22-15-7-8-15/h2,5-6,9-10,12,15-16H,3-4,7-8,11,13H2,1H3,(H,22,27). The minimum Gasteiger partial charge on any atom is -0.367 e. The highest BCUT2D eigenvalue weighted by Gasteiger charge is 2.29. The van der Waals surface area contributed by atoms with Crippen molar-refractivity contribution in [3.05, 3.63) is 52.2 Å². The van der Waals surface area contributed by atoms with E-state index in [4.69, 9.17) is 0 Å². The second-order valence-electron chi connectivity index (χ2n) is 7.66. The Labute approximate surface area is 168 Å². The maximum atomic E-state index is 12.3. The number of rotatable bonds is 7. The fraction of sp³-hybridized carbons (Fsp3) is 0.450. The Balaban J connectivity index is 1.52. The maximum Gasteiger partial charge on any atom is 0.293 e. The molecule has 1 amide bonds. The van der Waals surface area contributed by atoms with Gasteiger partial charge in [0.15, 0.2) is 5.82 Å². The van der Waals surface area contributed by atoms with E-state index in [1.165, 1.54) is 6.07 Å². The normalized spacial score (nSPS) is 18.5. The lowest BCUT2D eigenvalue weighted by Gasteiger charge is -2.30. The van der Waals surface area contributed by atoms with Gasteiger partial charge in [-0.25, -0.2) is 0 Å². The summed E-state index contributed by atoms with van der Waals surface area (Å²) in [6.07, 6.45) is 5.61. The lowest BCUT2D eigenvalue weighted by molar-refractivity contribution is -0.384. The molecule has 0 radical (unpaired) electrons. The monoisotopic (exact) mass is 396 g/mol. The minimum atomic E-state index is -0.422. The molecule has 9 heteroatoms. The first-order valence-electron chi connectivity index (χ1n) is 9.87. The molecule has 1 aliphatic carbocycles. The molecular weight excluding hydrogens is 372 g/mol. The van der Waals surface area contributed by atoms with Crippen LogP contribution in [0.1, 0.15) is 36.0 Å². The number of nitrogens with one attached hydrogen (secondary N) is 1. The van der Waals surface area contributed by atoms with Crippen LogP contribution in [0.4, 0.5) is 17.2 Å². The lowest BCUT2D eigenvalue weighted by atomic mass is 10.1. The van der Waals surface area contributed by atoms with Crippen molar-refractivity contribution < 1.29 is 9.72 Å². The summed E-state index contributed by atoms with van der Waals surface area (Å²) in [7, 11) is 1.85. The van der Waals surface area contributed by atoms with Crippen molar-refractivity contribution in [2.75, 3.05) is 29.9 Å². The van der Waals surface area contributed by atoms with Gasteiger partial charge in [-0.05, 0) is 49.9 Å². The molecule has 9 nitrogen and oxygen atoms in total. The Kier molecular flexibility index (Phi) is 5.28. The van der Waals surface area contributed by atoms with Crippen LogP contribution in [0.5, 0.6) is 0 Å². The van der Waals surface area contributed by atoms with Crippen LogP contribution in [0.15, 0.2) is 36.5 Å². The van der Waals surface area contributed by atoms with Crippen molar-refractivity contribution in [1.29, 1.82) is 0 Å². The molecule has 2 aromatic rings. The number of hydrogen-bond acceptors (Lipinski definition) is 7. The molecule has 2 aliphatic rings. The first kappa shape index (κ1) is 19.1. The zero-order valence-corrected chi connectivity index (χ0v) is 16.3. The molecule has 2 fully saturated rings. The molecule has 29 heavy (non-hydrogen) atoms. The largest absolute Gasteiger partial charge is 0.367 e. The predicted molar refractivity (Wildman–Crippen MR) is 109 cm³/mol. The number of benzene rings is 1. The van der Waals surface area contributed by atoms with Gasteiger partial charge in [0.05, 0.1) is 4.92 Å². The average molecular weight is 396 g/mol. The zero-order valence-electron chi connectivity index (χ0n) is 16.3. The summed E-state index contributed by atoms with van der Waals surface area (Å²) in [6.45, 7) is 1.50.